The molecule has 0 heterocycles. The van der Waals surface area contributed by atoms with Crippen molar-refractivity contribution in [3.8, 4) is 0 Å². The van der Waals surface area contributed by atoms with Crippen LogP contribution in [-0.2, 0) is 9.84 Å². The number of hydrogen-bond donors (Lipinski definition) is 2. The highest BCUT2D eigenvalue weighted by Gasteiger charge is 2.21. The van der Waals surface area contributed by atoms with Crippen LogP contribution in [0.5, 0.6) is 0 Å². The number of hydrogen-bond acceptors (Lipinski definition) is 4. The van der Waals surface area contributed by atoms with Crippen LogP contribution in [0, 0.1) is 0 Å². The Kier molecular flexibility index (Phi) is 4.04. The highest BCUT2D eigenvalue weighted by molar-refractivity contribution is 7.91. The molecule has 0 aromatic heterocycles. The van der Waals surface area contributed by atoms with Crippen molar-refractivity contribution in [2.24, 2.45) is 5.73 Å². The predicted molar refractivity (Wildman–Crippen MR) is 72.1 cm³/mol. The maximum atomic E-state index is 11.7. The first-order chi connectivity index (χ1) is 8.53. The average Bonchev–Trinajstić information content (AvgIpc) is 3.20. The molecule has 1 saturated carbocycles. The smallest absolute Gasteiger partial charge is 0.178 e. The highest BCUT2D eigenvalue weighted by atomic mass is 32.2. The van der Waals surface area contributed by atoms with Gasteiger partial charge in [-0.15, -0.1) is 0 Å². The third-order valence-electron chi connectivity index (χ3n) is 3.25. The van der Waals surface area contributed by atoms with Gasteiger partial charge in [-0.05, 0) is 30.5 Å². The summed E-state index contributed by atoms with van der Waals surface area (Å²) in [5.74, 6) is 0.127. The zero-order valence-corrected chi connectivity index (χ0v) is 11.4. The molecule has 1 fully saturated rings. The predicted octanol–water partition coefficient (Wildman–Crippen LogP) is 1.23. The molecule has 2 rings (SSSR count). The zero-order valence-electron chi connectivity index (χ0n) is 10.6. The van der Waals surface area contributed by atoms with Crippen molar-refractivity contribution in [3.05, 3.63) is 29.8 Å². The Morgan fingerprint density at radius 3 is 2.44 bits per heavy atom. The van der Waals surface area contributed by atoms with Gasteiger partial charge in [-0.1, -0.05) is 19.1 Å². The lowest BCUT2D eigenvalue weighted by Crippen LogP contribution is -2.28. The van der Waals surface area contributed by atoms with Crippen LogP contribution in [0.3, 0.4) is 0 Å². The molecule has 0 radical (unpaired) electrons. The second-order valence-electron chi connectivity index (χ2n) is 4.76. The van der Waals surface area contributed by atoms with Crippen LogP contribution in [0.15, 0.2) is 29.2 Å². The van der Waals surface area contributed by atoms with Gasteiger partial charge in [0, 0.05) is 18.6 Å². The SMILES string of the molecule is CCS(=O)(=O)c1ccc(C(N)CNC2CC2)cc1. The maximum Gasteiger partial charge on any atom is 0.178 e. The summed E-state index contributed by atoms with van der Waals surface area (Å²) >= 11 is 0. The summed E-state index contributed by atoms with van der Waals surface area (Å²) in [6, 6.07) is 7.46. The quantitative estimate of drug-likeness (QED) is 0.814. The first-order valence-corrected chi connectivity index (χ1v) is 8.00. The summed E-state index contributed by atoms with van der Waals surface area (Å²) in [6.07, 6.45) is 2.47. The molecule has 0 amide bonds. The van der Waals surface area contributed by atoms with Crippen molar-refractivity contribution in [1.82, 2.24) is 5.32 Å². The molecule has 5 heteroatoms. The lowest BCUT2D eigenvalue weighted by Gasteiger charge is -2.13. The number of nitrogens with two attached hydrogens (primary N) is 1. The van der Waals surface area contributed by atoms with Gasteiger partial charge < -0.3 is 11.1 Å². The Bertz CT molecular complexity index is 492. The summed E-state index contributed by atoms with van der Waals surface area (Å²) in [6.45, 7) is 2.39. The normalized spacial score (nSPS) is 17.7. The van der Waals surface area contributed by atoms with Gasteiger partial charge >= 0.3 is 0 Å². The molecule has 4 nitrogen and oxygen atoms in total. The summed E-state index contributed by atoms with van der Waals surface area (Å²) in [5, 5.41) is 3.37. The minimum Gasteiger partial charge on any atom is -0.323 e. The summed E-state index contributed by atoms with van der Waals surface area (Å²) < 4.78 is 23.3. The van der Waals surface area contributed by atoms with Gasteiger partial charge in [0.15, 0.2) is 9.84 Å². The van der Waals surface area contributed by atoms with E-state index in [9.17, 15) is 8.42 Å². The Morgan fingerprint density at radius 1 is 1.33 bits per heavy atom. The molecule has 1 aromatic rings. The molecule has 1 aliphatic carbocycles. The van der Waals surface area contributed by atoms with E-state index >= 15 is 0 Å². The van der Waals surface area contributed by atoms with Crippen LogP contribution >= 0.6 is 0 Å². The van der Waals surface area contributed by atoms with E-state index in [2.05, 4.69) is 5.32 Å². The number of nitrogens with one attached hydrogen (secondary N) is 1. The van der Waals surface area contributed by atoms with E-state index in [-0.39, 0.29) is 11.8 Å². The van der Waals surface area contributed by atoms with E-state index in [1.54, 1.807) is 19.1 Å². The lowest BCUT2D eigenvalue weighted by molar-refractivity contribution is 0.592. The largest absolute Gasteiger partial charge is 0.323 e. The first-order valence-electron chi connectivity index (χ1n) is 6.34. The van der Waals surface area contributed by atoms with Gasteiger partial charge in [0.1, 0.15) is 0 Å². The molecule has 18 heavy (non-hydrogen) atoms. The second-order valence-corrected chi connectivity index (χ2v) is 7.04. The van der Waals surface area contributed by atoms with Crippen molar-refractivity contribution in [2.75, 3.05) is 12.3 Å². The van der Waals surface area contributed by atoms with Crippen LogP contribution in [0.25, 0.3) is 0 Å². The highest BCUT2D eigenvalue weighted by Crippen LogP contribution is 2.20. The van der Waals surface area contributed by atoms with Crippen molar-refractivity contribution in [3.63, 3.8) is 0 Å². The van der Waals surface area contributed by atoms with Gasteiger partial charge in [-0.2, -0.15) is 0 Å². The van der Waals surface area contributed by atoms with Crippen molar-refractivity contribution >= 4 is 9.84 Å². The molecular formula is C13H20N2O2S. The van der Waals surface area contributed by atoms with E-state index in [0.29, 0.717) is 10.9 Å². The standard InChI is InChI=1S/C13H20N2O2S/c1-2-18(16,17)12-7-3-10(4-8-12)13(14)9-15-11-5-6-11/h3-4,7-8,11,13,15H,2,5-6,9,14H2,1H3. The molecule has 100 valence electrons. The fourth-order valence-corrected chi connectivity index (χ4v) is 2.67. The second kappa shape index (κ2) is 5.38. The van der Waals surface area contributed by atoms with E-state index in [1.165, 1.54) is 12.8 Å². The van der Waals surface area contributed by atoms with E-state index in [4.69, 9.17) is 5.73 Å². The lowest BCUT2D eigenvalue weighted by atomic mass is 10.1. The third-order valence-corrected chi connectivity index (χ3v) is 5.00. The Hall–Kier alpha value is -0.910. The van der Waals surface area contributed by atoms with Gasteiger partial charge in [-0.3, -0.25) is 0 Å². The molecule has 1 aromatic carbocycles. The molecule has 1 aliphatic rings. The molecule has 1 unspecified atom stereocenters. The Balaban J connectivity index is 2.01. The number of rotatable bonds is 6. The number of benzene rings is 1. The molecule has 0 spiro atoms. The van der Waals surface area contributed by atoms with Crippen LogP contribution in [0.4, 0.5) is 0 Å². The molecule has 1 atom stereocenters. The summed E-state index contributed by atoms with van der Waals surface area (Å²) in [7, 11) is -3.11. The fourth-order valence-electron chi connectivity index (χ4n) is 1.79. The van der Waals surface area contributed by atoms with Gasteiger partial charge in [0.05, 0.1) is 10.6 Å². The van der Waals surface area contributed by atoms with Gasteiger partial charge in [0.2, 0.25) is 0 Å². The summed E-state index contributed by atoms with van der Waals surface area (Å²) in [4.78, 5) is 0.371. The Morgan fingerprint density at radius 2 is 1.94 bits per heavy atom. The molecule has 0 bridgehead atoms. The number of sulfone groups is 1. The topological polar surface area (TPSA) is 72.2 Å². The van der Waals surface area contributed by atoms with Gasteiger partial charge in [-0.25, -0.2) is 8.42 Å². The van der Waals surface area contributed by atoms with E-state index in [1.807, 2.05) is 12.1 Å². The van der Waals surface area contributed by atoms with Crippen LogP contribution < -0.4 is 11.1 Å². The minimum absolute atomic E-state index is 0.0796. The zero-order chi connectivity index (χ0) is 13.2. The first kappa shape index (κ1) is 13.5. The molecule has 3 N–H and O–H groups in total. The Labute approximate surface area is 108 Å². The monoisotopic (exact) mass is 268 g/mol. The van der Waals surface area contributed by atoms with Crippen molar-refractivity contribution < 1.29 is 8.42 Å². The van der Waals surface area contributed by atoms with Crippen molar-refractivity contribution in [2.45, 2.75) is 36.7 Å². The van der Waals surface area contributed by atoms with Crippen LogP contribution in [0.1, 0.15) is 31.4 Å². The molecule has 0 aliphatic heterocycles. The third kappa shape index (κ3) is 3.31. The average molecular weight is 268 g/mol. The van der Waals surface area contributed by atoms with Crippen LogP contribution in [-0.4, -0.2) is 26.8 Å². The maximum absolute atomic E-state index is 11.7. The summed E-state index contributed by atoms with van der Waals surface area (Å²) in [5.41, 5.74) is 7.02. The fraction of sp³-hybridized carbons (Fsp3) is 0.538. The minimum atomic E-state index is -3.11. The van der Waals surface area contributed by atoms with E-state index in [0.717, 1.165) is 12.1 Å². The molecule has 0 saturated heterocycles. The van der Waals surface area contributed by atoms with Crippen molar-refractivity contribution in [1.29, 1.82) is 0 Å². The molecular weight excluding hydrogens is 248 g/mol. The van der Waals surface area contributed by atoms with Gasteiger partial charge in [0.25, 0.3) is 0 Å². The van der Waals surface area contributed by atoms with Crippen LogP contribution in [0.2, 0.25) is 0 Å². The van der Waals surface area contributed by atoms with E-state index < -0.39 is 9.84 Å².